The van der Waals surface area contributed by atoms with Gasteiger partial charge >= 0.3 is 0 Å². The number of benzene rings is 1. The Hall–Kier alpha value is -2.83. The zero-order chi connectivity index (χ0) is 14.5. The molecule has 0 atom stereocenters. The highest BCUT2D eigenvalue weighted by Gasteiger charge is 2.10. The summed E-state index contributed by atoms with van der Waals surface area (Å²) < 4.78 is 10.0. The second kappa shape index (κ2) is 5.87. The Balaban J connectivity index is 2.20. The van der Waals surface area contributed by atoms with Gasteiger partial charge in [-0.3, -0.25) is 10.1 Å². The van der Waals surface area contributed by atoms with Crippen molar-refractivity contribution in [1.82, 2.24) is 9.97 Å². The topological polar surface area (TPSA) is 99.4 Å². The Morgan fingerprint density at radius 2 is 2.00 bits per heavy atom. The van der Waals surface area contributed by atoms with Gasteiger partial charge in [-0.25, -0.2) is 0 Å². The van der Waals surface area contributed by atoms with Crippen LogP contribution in [0.2, 0.25) is 0 Å². The lowest BCUT2D eigenvalue weighted by atomic mass is 10.2. The fourth-order valence-electron chi connectivity index (χ4n) is 1.54. The third-order valence-corrected chi connectivity index (χ3v) is 2.49. The summed E-state index contributed by atoms with van der Waals surface area (Å²) in [6, 6.07) is 8.19. The summed E-state index contributed by atoms with van der Waals surface area (Å²) in [4.78, 5) is 20.0. The van der Waals surface area contributed by atoms with Gasteiger partial charge in [0.1, 0.15) is 11.6 Å². The zero-order valence-electron chi connectivity index (χ0n) is 11.1. The average molecular weight is 274 g/mol. The van der Waals surface area contributed by atoms with E-state index in [-0.39, 0.29) is 23.6 Å². The minimum absolute atomic E-state index is 0.0784. The van der Waals surface area contributed by atoms with E-state index in [9.17, 15) is 4.79 Å². The van der Waals surface area contributed by atoms with E-state index in [0.29, 0.717) is 11.3 Å². The molecule has 20 heavy (non-hydrogen) atoms. The van der Waals surface area contributed by atoms with Gasteiger partial charge in [-0.2, -0.15) is 9.97 Å². The predicted octanol–water partition coefficient (Wildman–Crippen LogP) is 1.33. The summed E-state index contributed by atoms with van der Waals surface area (Å²) in [5, 5.41) is 2.55. The molecule has 0 aliphatic carbocycles. The van der Waals surface area contributed by atoms with Crippen molar-refractivity contribution in [1.29, 1.82) is 0 Å². The number of anilines is 2. The molecule has 1 heterocycles. The number of nitrogens with one attached hydrogen (secondary N) is 1. The first-order chi connectivity index (χ1) is 9.62. The number of carbonyl (C=O) groups excluding carboxylic acids is 1. The van der Waals surface area contributed by atoms with Crippen LogP contribution in [-0.4, -0.2) is 30.1 Å². The van der Waals surface area contributed by atoms with Crippen molar-refractivity contribution in [2.45, 2.75) is 0 Å². The number of carbonyl (C=O) groups is 1. The van der Waals surface area contributed by atoms with E-state index in [4.69, 9.17) is 15.2 Å². The highest BCUT2D eigenvalue weighted by atomic mass is 16.5. The Morgan fingerprint density at radius 3 is 2.70 bits per heavy atom. The molecule has 7 heteroatoms. The van der Waals surface area contributed by atoms with Crippen molar-refractivity contribution in [3.05, 3.63) is 35.9 Å². The van der Waals surface area contributed by atoms with E-state index in [1.807, 2.05) is 0 Å². The number of aromatic nitrogens is 2. The Kier molecular flexibility index (Phi) is 3.99. The van der Waals surface area contributed by atoms with E-state index in [0.717, 1.165) is 0 Å². The molecule has 7 nitrogen and oxygen atoms in total. The fraction of sp³-hybridized carbons (Fsp3) is 0.154. The Morgan fingerprint density at radius 1 is 1.20 bits per heavy atom. The fourth-order valence-corrected chi connectivity index (χ4v) is 1.54. The van der Waals surface area contributed by atoms with E-state index in [1.165, 1.54) is 20.3 Å². The monoisotopic (exact) mass is 274 g/mol. The van der Waals surface area contributed by atoms with Crippen molar-refractivity contribution < 1.29 is 14.3 Å². The van der Waals surface area contributed by atoms with Gasteiger partial charge < -0.3 is 15.2 Å². The maximum Gasteiger partial charge on any atom is 0.258 e. The Labute approximate surface area is 115 Å². The van der Waals surface area contributed by atoms with Crippen molar-refractivity contribution in [2.24, 2.45) is 0 Å². The molecule has 2 aromatic rings. The predicted molar refractivity (Wildman–Crippen MR) is 73.9 cm³/mol. The first kappa shape index (κ1) is 13.6. The molecule has 2 rings (SSSR count). The largest absolute Gasteiger partial charge is 0.497 e. The number of nitrogens with zero attached hydrogens (tertiary/aromatic N) is 2. The van der Waals surface area contributed by atoms with Gasteiger partial charge in [0.05, 0.1) is 14.2 Å². The zero-order valence-corrected chi connectivity index (χ0v) is 11.1. The molecule has 0 saturated heterocycles. The van der Waals surface area contributed by atoms with Crippen molar-refractivity contribution in [3.8, 4) is 11.6 Å². The number of methoxy groups -OCH3 is 2. The maximum absolute atomic E-state index is 12.1. The highest BCUT2D eigenvalue weighted by Crippen LogP contribution is 2.16. The van der Waals surface area contributed by atoms with E-state index in [2.05, 4.69) is 15.3 Å². The minimum atomic E-state index is -0.364. The molecule has 0 fully saturated rings. The summed E-state index contributed by atoms with van der Waals surface area (Å²) in [5.41, 5.74) is 6.02. The highest BCUT2D eigenvalue weighted by molar-refractivity contribution is 6.03. The summed E-state index contributed by atoms with van der Waals surface area (Å²) >= 11 is 0. The number of ether oxygens (including phenoxy) is 2. The third kappa shape index (κ3) is 3.14. The lowest BCUT2D eigenvalue weighted by Gasteiger charge is -2.07. The van der Waals surface area contributed by atoms with Gasteiger partial charge in [-0.05, 0) is 18.2 Å². The third-order valence-electron chi connectivity index (χ3n) is 2.49. The van der Waals surface area contributed by atoms with Gasteiger partial charge in [-0.1, -0.05) is 6.07 Å². The van der Waals surface area contributed by atoms with Crippen LogP contribution in [0.5, 0.6) is 11.6 Å². The van der Waals surface area contributed by atoms with Crippen LogP contribution < -0.4 is 20.5 Å². The molecule has 0 radical (unpaired) electrons. The molecule has 0 aliphatic heterocycles. The number of hydrogen-bond donors (Lipinski definition) is 2. The molecule has 1 aromatic heterocycles. The van der Waals surface area contributed by atoms with Gasteiger partial charge in [-0.15, -0.1) is 0 Å². The number of nitrogen functional groups attached to an aromatic ring is 1. The van der Waals surface area contributed by atoms with Crippen LogP contribution in [0.25, 0.3) is 0 Å². The summed E-state index contributed by atoms with van der Waals surface area (Å²) in [6.45, 7) is 0. The molecular formula is C13H14N4O3. The molecule has 0 bridgehead atoms. The lowest BCUT2D eigenvalue weighted by molar-refractivity contribution is 0.102. The maximum atomic E-state index is 12.1. The summed E-state index contributed by atoms with van der Waals surface area (Å²) in [6.07, 6.45) is 0. The molecular weight excluding hydrogens is 260 g/mol. The minimum Gasteiger partial charge on any atom is -0.497 e. The van der Waals surface area contributed by atoms with Crippen LogP contribution in [0.1, 0.15) is 10.4 Å². The number of amides is 1. The van der Waals surface area contributed by atoms with Crippen LogP contribution >= 0.6 is 0 Å². The van der Waals surface area contributed by atoms with E-state index in [1.54, 1.807) is 24.3 Å². The first-order valence-corrected chi connectivity index (χ1v) is 5.76. The van der Waals surface area contributed by atoms with Gasteiger partial charge in [0.15, 0.2) is 0 Å². The van der Waals surface area contributed by atoms with Crippen molar-refractivity contribution in [2.75, 3.05) is 25.3 Å². The van der Waals surface area contributed by atoms with Crippen LogP contribution in [0.3, 0.4) is 0 Å². The van der Waals surface area contributed by atoms with E-state index >= 15 is 0 Å². The van der Waals surface area contributed by atoms with Crippen LogP contribution in [-0.2, 0) is 0 Å². The molecule has 1 aromatic carbocycles. The Bertz CT molecular complexity index is 631. The smallest absolute Gasteiger partial charge is 0.258 e. The molecule has 0 unspecified atom stereocenters. The molecule has 1 amide bonds. The first-order valence-electron chi connectivity index (χ1n) is 5.76. The second-order valence-electron chi connectivity index (χ2n) is 3.84. The SMILES string of the molecule is COc1cccc(C(=O)Nc2nc(N)cc(OC)n2)c1. The summed E-state index contributed by atoms with van der Waals surface area (Å²) in [7, 11) is 2.98. The standard InChI is InChI=1S/C13H14N4O3/c1-19-9-5-3-4-8(6-9)12(18)17-13-15-10(14)7-11(16-13)20-2/h3-7H,1-2H3,(H3,14,15,16,17,18). The van der Waals surface area contributed by atoms with Crippen LogP contribution in [0.15, 0.2) is 30.3 Å². The molecule has 104 valence electrons. The van der Waals surface area contributed by atoms with Crippen molar-refractivity contribution >= 4 is 17.7 Å². The molecule has 0 aliphatic rings. The van der Waals surface area contributed by atoms with Crippen LogP contribution in [0.4, 0.5) is 11.8 Å². The van der Waals surface area contributed by atoms with Gasteiger partial charge in [0.25, 0.3) is 5.91 Å². The van der Waals surface area contributed by atoms with E-state index < -0.39 is 0 Å². The lowest BCUT2D eigenvalue weighted by Crippen LogP contribution is -2.15. The normalized spacial score (nSPS) is 9.90. The number of hydrogen-bond acceptors (Lipinski definition) is 6. The molecule has 0 spiro atoms. The molecule has 3 N–H and O–H groups in total. The summed E-state index contributed by atoms with van der Waals surface area (Å²) in [5.74, 6) is 0.784. The van der Waals surface area contributed by atoms with Crippen LogP contribution in [0, 0.1) is 0 Å². The second-order valence-corrected chi connectivity index (χ2v) is 3.84. The van der Waals surface area contributed by atoms with Gasteiger partial charge in [0.2, 0.25) is 11.8 Å². The number of rotatable bonds is 4. The quantitative estimate of drug-likeness (QED) is 0.872. The van der Waals surface area contributed by atoms with Crippen molar-refractivity contribution in [3.63, 3.8) is 0 Å². The number of nitrogens with two attached hydrogens (primary N) is 1. The van der Waals surface area contributed by atoms with Gasteiger partial charge in [0, 0.05) is 11.6 Å². The average Bonchev–Trinajstić information content (AvgIpc) is 2.46. The molecule has 0 saturated carbocycles.